The van der Waals surface area contributed by atoms with E-state index in [0.29, 0.717) is 38.5 Å². The highest BCUT2D eigenvalue weighted by Crippen LogP contribution is 2.39. The third-order valence-electron chi connectivity index (χ3n) is 5.37. The molecule has 1 heterocycles. The number of thioether (sulfide) groups is 1. The Balaban J connectivity index is 1.45. The second kappa shape index (κ2) is 12.1. The molecule has 0 atom stereocenters. The van der Waals surface area contributed by atoms with Crippen LogP contribution in [0.2, 0.25) is 0 Å². The van der Waals surface area contributed by atoms with E-state index in [4.69, 9.17) is 14.2 Å². The largest absolute Gasteiger partial charge is 0.497 e. The Morgan fingerprint density at radius 3 is 2.53 bits per heavy atom. The molecule has 1 aliphatic rings. The minimum Gasteiger partial charge on any atom is -0.497 e. The topological polar surface area (TPSA) is 94.2 Å². The van der Waals surface area contributed by atoms with Crippen molar-refractivity contribution < 1.29 is 33.0 Å². The summed E-state index contributed by atoms with van der Waals surface area (Å²) in [4.78, 5) is 38.9. The van der Waals surface area contributed by atoms with Gasteiger partial charge in [0, 0.05) is 5.69 Å². The molecule has 1 fully saturated rings. The van der Waals surface area contributed by atoms with Crippen molar-refractivity contribution in [1.29, 1.82) is 0 Å². The summed E-state index contributed by atoms with van der Waals surface area (Å²) in [6.45, 7) is -0.308. The van der Waals surface area contributed by atoms with Gasteiger partial charge in [0.05, 0.1) is 23.6 Å². The number of hydrogen-bond acceptors (Lipinski definition) is 7. The highest BCUT2D eigenvalue weighted by atomic mass is 79.9. The summed E-state index contributed by atoms with van der Waals surface area (Å²) in [7, 11) is 3.00. The lowest BCUT2D eigenvalue weighted by atomic mass is 10.1. The first-order valence-corrected chi connectivity index (χ1v) is 12.8. The zero-order valence-corrected chi connectivity index (χ0v) is 22.7. The van der Waals surface area contributed by atoms with Crippen molar-refractivity contribution >= 4 is 56.5 Å². The molecule has 1 N–H and O–H groups in total. The van der Waals surface area contributed by atoms with Crippen LogP contribution in [0.15, 0.2) is 70.0 Å². The SMILES string of the molecule is COc1ccc(NC(=O)CN2C(=O)S/C(=C/c3cc(Br)c(OCc4cccc(F)c4)c(OC)c3)C2=O)cc1. The second-order valence-electron chi connectivity index (χ2n) is 8.00. The molecule has 0 aliphatic carbocycles. The second-order valence-corrected chi connectivity index (χ2v) is 9.84. The van der Waals surface area contributed by atoms with E-state index in [0.717, 1.165) is 16.7 Å². The Kier molecular flexibility index (Phi) is 8.70. The van der Waals surface area contributed by atoms with Gasteiger partial charge in [0.2, 0.25) is 5.91 Å². The normalized spacial score (nSPS) is 14.1. The van der Waals surface area contributed by atoms with Crippen LogP contribution in [0, 0.1) is 5.82 Å². The average molecular weight is 601 g/mol. The number of nitrogens with zero attached hydrogens (tertiary/aromatic N) is 1. The van der Waals surface area contributed by atoms with Crippen molar-refractivity contribution in [3.05, 3.63) is 87.0 Å². The van der Waals surface area contributed by atoms with Crippen molar-refractivity contribution in [2.24, 2.45) is 0 Å². The Hall–Kier alpha value is -3.83. The summed E-state index contributed by atoms with van der Waals surface area (Å²) >= 11 is 4.19. The molecule has 196 valence electrons. The molecule has 4 rings (SSSR count). The maximum atomic E-state index is 13.5. The van der Waals surface area contributed by atoms with Crippen molar-refractivity contribution in [3.63, 3.8) is 0 Å². The maximum Gasteiger partial charge on any atom is 0.294 e. The highest BCUT2D eigenvalue weighted by molar-refractivity contribution is 9.10. The number of imide groups is 1. The van der Waals surface area contributed by atoms with Crippen LogP contribution in [-0.4, -0.2) is 42.7 Å². The molecule has 0 unspecified atom stereocenters. The Bertz CT molecular complexity index is 1410. The molecule has 0 aromatic heterocycles. The van der Waals surface area contributed by atoms with Gasteiger partial charge in [0.15, 0.2) is 11.5 Å². The van der Waals surface area contributed by atoms with E-state index < -0.39 is 23.6 Å². The molecular weight excluding hydrogens is 579 g/mol. The van der Waals surface area contributed by atoms with Gasteiger partial charge >= 0.3 is 0 Å². The molecule has 1 aliphatic heterocycles. The van der Waals surface area contributed by atoms with Crippen LogP contribution in [0.1, 0.15) is 11.1 Å². The number of anilines is 1. The fourth-order valence-corrected chi connectivity index (χ4v) is 4.96. The Morgan fingerprint density at radius 2 is 1.84 bits per heavy atom. The fourth-order valence-electron chi connectivity index (χ4n) is 3.55. The number of carbonyl (C=O) groups excluding carboxylic acids is 3. The van der Waals surface area contributed by atoms with Gasteiger partial charge in [0.25, 0.3) is 11.1 Å². The standard InChI is InChI=1S/C27H22BrFN2O6S/c1-35-20-8-6-19(7-9-20)30-24(32)14-31-26(33)23(38-27(31)34)13-17-11-21(28)25(22(12-17)36-2)37-15-16-4-3-5-18(29)10-16/h3-13H,14-15H2,1-2H3,(H,30,32)/b23-13+. The van der Waals surface area contributed by atoms with Crippen molar-refractivity contribution in [3.8, 4) is 17.2 Å². The number of methoxy groups -OCH3 is 2. The molecule has 11 heteroatoms. The predicted molar refractivity (Wildman–Crippen MR) is 146 cm³/mol. The summed E-state index contributed by atoms with van der Waals surface area (Å²) in [6, 6.07) is 16.1. The number of carbonyl (C=O) groups is 3. The van der Waals surface area contributed by atoms with Gasteiger partial charge in [-0.2, -0.15) is 0 Å². The Labute approximate surface area is 230 Å². The van der Waals surface area contributed by atoms with Crippen LogP contribution < -0.4 is 19.5 Å². The van der Waals surface area contributed by atoms with Gasteiger partial charge in [-0.15, -0.1) is 0 Å². The molecule has 0 radical (unpaired) electrons. The third kappa shape index (κ3) is 6.53. The quantitative estimate of drug-likeness (QED) is 0.307. The van der Waals surface area contributed by atoms with Gasteiger partial charge in [-0.25, -0.2) is 4.39 Å². The highest BCUT2D eigenvalue weighted by Gasteiger charge is 2.36. The number of rotatable bonds is 9. The number of nitrogens with one attached hydrogen (secondary N) is 1. The van der Waals surface area contributed by atoms with Crippen LogP contribution in [-0.2, 0) is 16.2 Å². The van der Waals surface area contributed by atoms with E-state index in [2.05, 4.69) is 21.2 Å². The summed E-state index contributed by atoms with van der Waals surface area (Å²) < 4.78 is 30.4. The van der Waals surface area contributed by atoms with E-state index in [1.54, 1.807) is 48.5 Å². The third-order valence-corrected chi connectivity index (χ3v) is 6.87. The first-order chi connectivity index (χ1) is 18.3. The van der Waals surface area contributed by atoms with Gasteiger partial charge < -0.3 is 19.5 Å². The number of halogens is 2. The number of ether oxygens (including phenoxy) is 3. The molecule has 0 saturated carbocycles. The summed E-state index contributed by atoms with van der Waals surface area (Å²) in [5, 5.41) is 2.11. The first kappa shape index (κ1) is 27.2. The monoisotopic (exact) mass is 600 g/mol. The maximum absolute atomic E-state index is 13.5. The van der Waals surface area contributed by atoms with E-state index in [-0.39, 0.29) is 17.3 Å². The van der Waals surface area contributed by atoms with Gasteiger partial charge in [-0.05, 0) is 93.4 Å². The van der Waals surface area contributed by atoms with E-state index in [1.807, 2.05) is 0 Å². The lowest BCUT2D eigenvalue weighted by Crippen LogP contribution is -2.36. The predicted octanol–water partition coefficient (Wildman–Crippen LogP) is 5.86. The molecule has 0 bridgehead atoms. The molecule has 3 aromatic carbocycles. The molecule has 0 spiro atoms. The fraction of sp³-hybridized carbons (Fsp3) is 0.148. The summed E-state index contributed by atoms with van der Waals surface area (Å²) in [5.74, 6) is -0.0418. The van der Waals surface area contributed by atoms with Crippen molar-refractivity contribution in [2.75, 3.05) is 26.1 Å². The van der Waals surface area contributed by atoms with E-state index in [9.17, 15) is 18.8 Å². The lowest BCUT2D eigenvalue weighted by Gasteiger charge is -2.14. The average Bonchev–Trinajstić information content (AvgIpc) is 3.15. The smallest absolute Gasteiger partial charge is 0.294 e. The number of amides is 3. The molecular formula is C27H22BrFN2O6S. The summed E-state index contributed by atoms with van der Waals surface area (Å²) in [5.41, 5.74) is 1.72. The Morgan fingerprint density at radius 1 is 1.08 bits per heavy atom. The van der Waals surface area contributed by atoms with Gasteiger partial charge in [-0.1, -0.05) is 12.1 Å². The van der Waals surface area contributed by atoms with Crippen LogP contribution in [0.25, 0.3) is 6.08 Å². The molecule has 3 aromatic rings. The van der Waals surface area contributed by atoms with Crippen LogP contribution >= 0.6 is 27.7 Å². The number of hydrogen-bond donors (Lipinski definition) is 1. The molecule has 3 amide bonds. The minimum atomic E-state index is -0.577. The van der Waals surface area contributed by atoms with E-state index in [1.165, 1.54) is 32.4 Å². The van der Waals surface area contributed by atoms with Crippen LogP contribution in [0.3, 0.4) is 0 Å². The van der Waals surface area contributed by atoms with Crippen molar-refractivity contribution in [1.82, 2.24) is 4.90 Å². The zero-order chi connectivity index (χ0) is 27.2. The first-order valence-electron chi connectivity index (χ1n) is 11.2. The van der Waals surface area contributed by atoms with Gasteiger partial charge in [-0.3, -0.25) is 19.3 Å². The number of benzene rings is 3. The summed E-state index contributed by atoms with van der Waals surface area (Å²) in [6.07, 6.45) is 1.54. The zero-order valence-electron chi connectivity index (χ0n) is 20.3. The minimum absolute atomic E-state index is 0.115. The van der Waals surface area contributed by atoms with Gasteiger partial charge in [0.1, 0.15) is 24.7 Å². The molecule has 8 nitrogen and oxygen atoms in total. The van der Waals surface area contributed by atoms with Crippen LogP contribution in [0.5, 0.6) is 17.2 Å². The van der Waals surface area contributed by atoms with Crippen LogP contribution in [0.4, 0.5) is 14.9 Å². The van der Waals surface area contributed by atoms with Crippen molar-refractivity contribution in [2.45, 2.75) is 6.61 Å². The molecule has 38 heavy (non-hydrogen) atoms. The molecule has 1 saturated heterocycles. The lowest BCUT2D eigenvalue weighted by molar-refractivity contribution is -0.127. The van der Waals surface area contributed by atoms with E-state index >= 15 is 0 Å².